The van der Waals surface area contributed by atoms with Crippen molar-refractivity contribution in [2.75, 3.05) is 19.8 Å². The number of unbranched alkanes of at least 4 members (excludes halogenated alkanes) is 30. The second-order valence-corrected chi connectivity index (χ2v) is 17.2. The van der Waals surface area contributed by atoms with E-state index in [4.69, 9.17) is 9.47 Å². The van der Waals surface area contributed by atoms with Crippen LogP contribution >= 0.6 is 0 Å². The van der Waals surface area contributed by atoms with Gasteiger partial charge in [-0.3, -0.25) is 4.79 Å². The Balaban J connectivity index is 3.41. The Morgan fingerprint density at radius 1 is 0.424 bits per heavy atom. The molecule has 59 heavy (non-hydrogen) atoms. The minimum absolute atomic E-state index is 0.180. The van der Waals surface area contributed by atoms with Crippen LogP contribution in [0.1, 0.15) is 258 Å². The zero-order valence-corrected chi connectivity index (χ0v) is 39.5. The average Bonchev–Trinajstić information content (AvgIpc) is 3.24. The van der Waals surface area contributed by atoms with Crippen LogP contribution in [0, 0.1) is 0 Å². The minimum Gasteiger partial charge on any atom is -0.457 e. The number of carbonyl (C=O) groups excluding carboxylic acids is 1. The summed E-state index contributed by atoms with van der Waals surface area (Å²) >= 11 is 0. The molecular formula is C55H100O4. The Morgan fingerprint density at radius 3 is 1.15 bits per heavy atom. The van der Waals surface area contributed by atoms with Gasteiger partial charge in [0.2, 0.25) is 0 Å². The first-order valence-corrected chi connectivity index (χ1v) is 25.9. The van der Waals surface area contributed by atoms with Gasteiger partial charge < -0.3 is 14.6 Å². The number of hydrogen-bond donors (Lipinski definition) is 1. The summed E-state index contributed by atoms with van der Waals surface area (Å²) in [6.45, 7) is 5.25. The Labute approximate surface area is 368 Å². The van der Waals surface area contributed by atoms with Crippen LogP contribution in [-0.4, -0.2) is 37.0 Å². The largest absolute Gasteiger partial charge is 0.457 e. The zero-order valence-electron chi connectivity index (χ0n) is 39.5. The van der Waals surface area contributed by atoms with Gasteiger partial charge in [-0.2, -0.15) is 0 Å². The van der Waals surface area contributed by atoms with E-state index in [2.05, 4.69) is 74.6 Å². The van der Waals surface area contributed by atoms with E-state index in [0.29, 0.717) is 13.0 Å². The maximum atomic E-state index is 12.3. The maximum Gasteiger partial charge on any atom is 0.306 e. The molecule has 0 aromatic carbocycles. The number of ether oxygens (including phenoxy) is 2. The minimum atomic E-state index is -0.546. The second kappa shape index (κ2) is 52.2. The fraction of sp³-hybridized carbons (Fsp3) is 0.800. The Bertz CT molecular complexity index is 962. The topological polar surface area (TPSA) is 55.8 Å². The number of aliphatic hydroxyl groups is 1. The molecule has 0 aliphatic carbocycles. The van der Waals surface area contributed by atoms with Gasteiger partial charge >= 0.3 is 5.97 Å². The Hall–Kier alpha value is -1.91. The smallest absolute Gasteiger partial charge is 0.306 e. The summed E-state index contributed by atoms with van der Waals surface area (Å²) in [7, 11) is 0. The molecule has 0 saturated heterocycles. The van der Waals surface area contributed by atoms with Gasteiger partial charge in [-0.25, -0.2) is 0 Å². The summed E-state index contributed by atoms with van der Waals surface area (Å²) in [5.74, 6) is -0.216. The number of aliphatic hydroxyl groups excluding tert-OH is 1. The molecule has 0 aromatic heterocycles. The van der Waals surface area contributed by atoms with Crippen molar-refractivity contribution in [3.05, 3.63) is 60.8 Å². The van der Waals surface area contributed by atoms with Crippen LogP contribution in [-0.2, 0) is 14.3 Å². The van der Waals surface area contributed by atoms with E-state index in [1.807, 2.05) is 0 Å². The number of allylic oxidation sites excluding steroid dienone is 10. The highest BCUT2D eigenvalue weighted by Gasteiger charge is 2.13. The summed E-state index contributed by atoms with van der Waals surface area (Å²) in [5, 5.41) is 9.65. The molecule has 0 amide bonds. The molecule has 0 spiro atoms. The normalized spacial score (nSPS) is 12.8. The van der Waals surface area contributed by atoms with Crippen molar-refractivity contribution in [2.45, 2.75) is 264 Å². The van der Waals surface area contributed by atoms with Crippen LogP contribution in [0.3, 0.4) is 0 Å². The molecule has 0 aliphatic heterocycles. The lowest BCUT2D eigenvalue weighted by Gasteiger charge is -2.15. The molecule has 0 aromatic rings. The first kappa shape index (κ1) is 57.1. The molecule has 4 heteroatoms. The van der Waals surface area contributed by atoms with Gasteiger partial charge in [0, 0.05) is 13.0 Å². The number of rotatable bonds is 48. The van der Waals surface area contributed by atoms with Crippen LogP contribution in [0.4, 0.5) is 0 Å². The van der Waals surface area contributed by atoms with Crippen molar-refractivity contribution in [2.24, 2.45) is 0 Å². The Kier molecular flexibility index (Phi) is 50.5. The van der Waals surface area contributed by atoms with Crippen molar-refractivity contribution in [3.63, 3.8) is 0 Å². The first-order chi connectivity index (χ1) is 29.2. The monoisotopic (exact) mass is 825 g/mol. The van der Waals surface area contributed by atoms with E-state index in [1.54, 1.807) is 0 Å². The summed E-state index contributed by atoms with van der Waals surface area (Å²) in [6.07, 6.45) is 70.4. The molecule has 0 saturated carbocycles. The average molecular weight is 825 g/mol. The molecule has 1 unspecified atom stereocenters. The van der Waals surface area contributed by atoms with E-state index in [9.17, 15) is 9.90 Å². The van der Waals surface area contributed by atoms with Gasteiger partial charge in [0.05, 0.1) is 13.2 Å². The fourth-order valence-corrected chi connectivity index (χ4v) is 7.53. The second-order valence-electron chi connectivity index (χ2n) is 17.2. The van der Waals surface area contributed by atoms with Crippen LogP contribution in [0.15, 0.2) is 60.8 Å². The molecule has 1 atom stereocenters. The van der Waals surface area contributed by atoms with E-state index >= 15 is 0 Å². The molecule has 0 rings (SSSR count). The molecule has 0 bridgehead atoms. The van der Waals surface area contributed by atoms with Crippen LogP contribution in [0.2, 0.25) is 0 Å². The van der Waals surface area contributed by atoms with Crippen molar-refractivity contribution >= 4 is 5.97 Å². The predicted octanol–water partition coefficient (Wildman–Crippen LogP) is 17.6. The molecule has 0 fully saturated rings. The maximum absolute atomic E-state index is 12.3. The summed E-state index contributed by atoms with van der Waals surface area (Å²) in [5.41, 5.74) is 0. The molecular weight excluding hydrogens is 725 g/mol. The van der Waals surface area contributed by atoms with Gasteiger partial charge in [-0.1, -0.05) is 254 Å². The number of carbonyl (C=O) groups is 1. The molecule has 0 radical (unpaired) electrons. The molecule has 0 aliphatic rings. The number of esters is 1. The lowest BCUT2D eigenvalue weighted by molar-refractivity contribution is -0.154. The Morgan fingerprint density at radius 2 is 0.763 bits per heavy atom. The van der Waals surface area contributed by atoms with Gasteiger partial charge in [0.15, 0.2) is 0 Å². The number of hydrogen-bond acceptors (Lipinski definition) is 4. The van der Waals surface area contributed by atoms with Crippen molar-refractivity contribution in [1.82, 2.24) is 0 Å². The summed E-state index contributed by atoms with van der Waals surface area (Å²) < 4.78 is 11.2. The SMILES string of the molecule is CC/C=C\C/C=C\C/C=C\C/C=C\C/C=C\CCCCCCCC(=O)OC(CO)COCCCCCCCCCCCCCCCCCCCCCCCCCCCC. The van der Waals surface area contributed by atoms with Crippen molar-refractivity contribution < 1.29 is 19.4 Å². The van der Waals surface area contributed by atoms with Crippen LogP contribution in [0.25, 0.3) is 0 Å². The van der Waals surface area contributed by atoms with E-state index in [1.165, 1.54) is 173 Å². The van der Waals surface area contributed by atoms with Gasteiger partial charge in [-0.15, -0.1) is 0 Å². The third kappa shape index (κ3) is 50.3. The highest BCUT2D eigenvalue weighted by Crippen LogP contribution is 2.16. The van der Waals surface area contributed by atoms with Crippen LogP contribution in [0.5, 0.6) is 0 Å². The standard InChI is InChI=1S/C55H100O4/c1-3-5-7-9-11-13-15-17-19-21-23-25-26-27-28-29-31-33-35-37-39-41-43-45-47-49-51-58-53-54(52-56)59-55(57)50-48-46-44-42-40-38-36-34-32-30-24-22-20-18-16-14-12-10-8-6-4-2/h6,8,12,14,18,20,24,30,34,36,54,56H,3-5,7,9-11,13,15-17,19,21-23,25-29,31-33,35,37-53H2,1-2H3/b8-6-,14-12-,20-18-,30-24-,36-34-. The molecule has 0 heterocycles. The van der Waals surface area contributed by atoms with Gasteiger partial charge in [0.25, 0.3) is 0 Å². The first-order valence-electron chi connectivity index (χ1n) is 25.9. The third-order valence-corrected chi connectivity index (χ3v) is 11.4. The lowest BCUT2D eigenvalue weighted by Crippen LogP contribution is -2.27. The van der Waals surface area contributed by atoms with Gasteiger partial charge in [0.1, 0.15) is 6.10 Å². The lowest BCUT2D eigenvalue weighted by atomic mass is 10.0. The molecule has 4 nitrogen and oxygen atoms in total. The zero-order chi connectivity index (χ0) is 42.6. The van der Waals surface area contributed by atoms with E-state index in [0.717, 1.165) is 64.2 Å². The van der Waals surface area contributed by atoms with Crippen LogP contribution < -0.4 is 0 Å². The highest BCUT2D eigenvalue weighted by atomic mass is 16.6. The predicted molar refractivity (Wildman–Crippen MR) is 260 cm³/mol. The van der Waals surface area contributed by atoms with E-state index < -0.39 is 6.10 Å². The fourth-order valence-electron chi connectivity index (χ4n) is 7.53. The third-order valence-electron chi connectivity index (χ3n) is 11.4. The molecule has 1 N–H and O–H groups in total. The summed E-state index contributed by atoms with van der Waals surface area (Å²) in [6, 6.07) is 0. The highest BCUT2D eigenvalue weighted by molar-refractivity contribution is 5.69. The van der Waals surface area contributed by atoms with Gasteiger partial charge in [-0.05, 0) is 57.8 Å². The summed E-state index contributed by atoms with van der Waals surface area (Å²) in [4.78, 5) is 12.3. The van der Waals surface area contributed by atoms with Crippen molar-refractivity contribution in [3.8, 4) is 0 Å². The van der Waals surface area contributed by atoms with Crippen molar-refractivity contribution in [1.29, 1.82) is 0 Å². The molecule has 344 valence electrons. The quantitative estimate of drug-likeness (QED) is 0.0377. The van der Waals surface area contributed by atoms with E-state index in [-0.39, 0.29) is 19.2 Å².